The van der Waals surface area contributed by atoms with Gasteiger partial charge in [-0.05, 0) is 36.1 Å². The van der Waals surface area contributed by atoms with Crippen LogP contribution in [-0.4, -0.2) is 58.6 Å². The van der Waals surface area contributed by atoms with Gasteiger partial charge in [-0.1, -0.05) is 28.1 Å². The van der Waals surface area contributed by atoms with E-state index in [9.17, 15) is 9.59 Å². The molecule has 0 unspecified atom stereocenters. The molecule has 0 saturated carbocycles. The van der Waals surface area contributed by atoms with E-state index in [4.69, 9.17) is 4.74 Å². The van der Waals surface area contributed by atoms with Crippen molar-refractivity contribution in [2.75, 3.05) is 25.7 Å². The lowest BCUT2D eigenvalue weighted by molar-refractivity contribution is -0.142. The number of hydrogen-bond acceptors (Lipinski definition) is 5. The molecule has 1 aromatic heterocycles. The van der Waals surface area contributed by atoms with E-state index in [2.05, 4.69) is 31.2 Å². The molecule has 1 aliphatic heterocycles. The van der Waals surface area contributed by atoms with Gasteiger partial charge in [0.25, 0.3) is 0 Å². The van der Waals surface area contributed by atoms with E-state index in [1.807, 2.05) is 30.5 Å². The largest absolute Gasteiger partial charge is 0.467 e. The van der Waals surface area contributed by atoms with Crippen LogP contribution in [0.5, 0.6) is 0 Å². The molecule has 2 N–H and O–H groups in total. The molecule has 0 spiro atoms. The number of carbonyl (C=O) groups excluding carboxylic acids is 2. The predicted octanol–water partition coefficient (Wildman–Crippen LogP) is 3.12. The predicted molar refractivity (Wildman–Crippen MR) is 112 cm³/mol. The smallest absolute Gasteiger partial charge is 0.328 e. The molecule has 2 heterocycles. The van der Waals surface area contributed by atoms with Crippen LogP contribution >= 0.6 is 27.7 Å². The van der Waals surface area contributed by atoms with Crippen molar-refractivity contribution >= 4 is 39.7 Å². The third kappa shape index (κ3) is 4.52. The van der Waals surface area contributed by atoms with Crippen LogP contribution in [0.15, 0.2) is 35.1 Å². The fourth-order valence-corrected chi connectivity index (χ4v) is 4.07. The van der Waals surface area contributed by atoms with E-state index in [-0.39, 0.29) is 12.1 Å². The Labute approximate surface area is 176 Å². The number of ether oxygens (including phenoxy) is 1. The number of nitrogens with zero attached hydrogens (tertiary/aromatic N) is 2. The maximum atomic E-state index is 13.1. The van der Waals surface area contributed by atoms with E-state index in [0.29, 0.717) is 19.4 Å². The van der Waals surface area contributed by atoms with Gasteiger partial charge in [-0.25, -0.2) is 14.6 Å². The fraction of sp³-hybridized carbons (Fsp3) is 0.421. The number of urea groups is 1. The van der Waals surface area contributed by atoms with Gasteiger partial charge in [0.15, 0.2) is 0 Å². The zero-order valence-electron chi connectivity index (χ0n) is 15.8. The van der Waals surface area contributed by atoms with E-state index in [1.165, 1.54) is 7.11 Å². The molecule has 7 nitrogen and oxygen atoms in total. The Morgan fingerprint density at radius 2 is 2.18 bits per heavy atom. The molecule has 2 amide bonds. The summed E-state index contributed by atoms with van der Waals surface area (Å²) in [5.74, 6) is 0.319. The van der Waals surface area contributed by atoms with Gasteiger partial charge in [0.1, 0.15) is 12.1 Å². The van der Waals surface area contributed by atoms with Gasteiger partial charge in [-0.15, -0.1) is 0 Å². The number of carbonyl (C=O) groups is 2. The number of fused-ring (bicyclic) bond motifs is 1. The number of H-pyrrole nitrogens is 1. The van der Waals surface area contributed by atoms with Crippen LogP contribution in [0.1, 0.15) is 29.4 Å². The number of methoxy groups -OCH3 is 1. The lowest BCUT2D eigenvalue weighted by Crippen LogP contribution is -2.51. The first-order chi connectivity index (χ1) is 13.5. The summed E-state index contributed by atoms with van der Waals surface area (Å²) in [4.78, 5) is 34.6. The lowest BCUT2D eigenvalue weighted by Gasteiger charge is -2.36. The molecule has 1 aliphatic rings. The van der Waals surface area contributed by atoms with Crippen molar-refractivity contribution in [3.63, 3.8) is 0 Å². The SMILES string of the molecule is COC(=O)[C@H](CCSC)NC(=O)N1CCc2[nH]cnc2[C@H]1c1ccc(Br)cc1. The van der Waals surface area contributed by atoms with Crippen molar-refractivity contribution in [2.45, 2.75) is 24.9 Å². The van der Waals surface area contributed by atoms with Gasteiger partial charge in [0, 0.05) is 23.1 Å². The molecule has 9 heteroatoms. The summed E-state index contributed by atoms with van der Waals surface area (Å²) in [6, 6.07) is 6.56. The third-order valence-corrected chi connectivity index (χ3v) is 5.94. The van der Waals surface area contributed by atoms with Crippen LogP contribution in [0.4, 0.5) is 4.79 Å². The first-order valence-corrected chi connectivity index (χ1v) is 11.1. The second kappa shape index (κ2) is 9.47. The molecule has 28 heavy (non-hydrogen) atoms. The number of nitrogens with one attached hydrogen (secondary N) is 2. The second-order valence-corrected chi connectivity index (χ2v) is 8.37. The number of thioether (sulfide) groups is 1. The number of aromatic amines is 1. The molecule has 0 saturated heterocycles. The van der Waals surface area contributed by atoms with Crippen molar-refractivity contribution in [2.24, 2.45) is 0 Å². The highest BCUT2D eigenvalue weighted by Crippen LogP contribution is 2.34. The average Bonchev–Trinajstić information content (AvgIpc) is 3.19. The Morgan fingerprint density at radius 3 is 2.86 bits per heavy atom. The zero-order valence-corrected chi connectivity index (χ0v) is 18.2. The van der Waals surface area contributed by atoms with Crippen molar-refractivity contribution in [3.05, 3.63) is 52.0 Å². The molecular formula is C19H23BrN4O3S. The quantitative estimate of drug-likeness (QED) is 0.638. The van der Waals surface area contributed by atoms with E-state index in [0.717, 1.165) is 27.2 Å². The Hall–Kier alpha value is -2.00. The standard InChI is InChI=1S/C19H23BrN4O3S/c1-27-18(25)15(8-10-28-2)23-19(26)24-9-7-14-16(22-11-21-14)17(24)12-3-5-13(20)6-4-12/h3-6,11,15,17H,7-10H2,1-2H3,(H,21,22)(H,23,26)/t15-,17+/m0/s1. The minimum Gasteiger partial charge on any atom is -0.467 e. The summed E-state index contributed by atoms with van der Waals surface area (Å²) in [6.45, 7) is 0.526. The minimum absolute atomic E-state index is 0.293. The number of benzene rings is 1. The van der Waals surface area contributed by atoms with Crippen molar-refractivity contribution in [1.29, 1.82) is 0 Å². The lowest BCUT2D eigenvalue weighted by atomic mass is 9.96. The number of halogens is 1. The van der Waals surface area contributed by atoms with Gasteiger partial charge < -0.3 is 19.9 Å². The number of esters is 1. The molecule has 0 fully saturated rings. The number of rotatable bonds is 6. The molecular weight excluding hydrogens is 444 g/mol. The van der Waals surface area contributed by atoms with Crippen LogP contribution in [-0.2, 0) is 16.0 Å². The summed E-state index contributed by atoms with van der Waals surface area (Å²) >= 11 is 5.07. The Kier molecular flexibility index (Phi) is 7.01. The van der Waals surface area contributed by atoms with Crippen LogP contribution < -0.4 is 5.32 Å². The van der Waals surface area contributed by atoms with Crippen LogP contribution in [0.25, 0.3) is 0 Å². The highest BCUT2D eigenvalue weighted by Gasteiger charge is 2.35. The van der Waals surface area contributed by atoms with Crippen molar-refractivity contribution in [1.82, 2.24) is 20.2 Å². The second-order valence-electron chi connectivity index (χ2n) is 6.47. The fourth-order valence-electron chi connectivity index (χ4n) is 3.34. The number of imidazole rings is 1. The Bertz CT molecular complexity index is 827. The first-order valence-electron chi connectivity index (χ1n) is 8.96. The van der Waals surface area contributed by atoms with E-state index in [1.54, 1.807) is 23.0 Å². The molecule has 3 rings (SSSR count). The summed E-state index contributed by atoms with van der Waals surface area (Å²) < 4.78 is 5.83. The Morgan fingerprint density at radius 1 is 1.43 bits per heavy atom. The summed E-state index contributed by atoms with van der Waals surface area (Å²) in [7, 11) is 1.34. The van der Waals surface area contributed by atoms with Gasteiger partial charge in [0.2, 0.25) is 0 Å². The molecule has 2 aromatic rings. The molecule has 2 atom stereocenters. The molecule has 150 valence electrons. The van der Waals surface area contributed by atoms with Gasteiger partial charge >= 0.3 is 12.0 Å². The third-order valence-electron chi connectivity index (χ3n) is 4.77. The maximum Gasteiger partial charge on any atom is 0.328 e. The van der Waals surface area contributed by atoms with Crippen molar-refractivity contribution < 1.29 is 14.3 Å². The van der Waals surface area contributed by atoms with Crippen LogP contribution in [0.3, 0.4) is 0 Å². The van der Waals surface area contributed by atoms with Gasteiger partial charge in [-0.3, -0.25) is 0 Å². The monoisotopic (exact) mass is 466 g/mol. The molecule has 0 radical (unpaired) electrons. The molecule has 1 aromatic carbocycles. The number of aromatic nitrogens is 2. The maximum absolute atomic E-state index is 13.1. The number of hydrogen-bond donors (Lipinski definition) is 2. The van der Waals surface area contributed by atoms with Crippen LogP contribution in [0, 0.1) is 0 Å². The molecule has 0 aliphatic carbocycles. The van der Waals surface area contributed by atoms with Gasteiger partial charge in [0.05, 0.1) is 19.1 Å². The zero-order chi connectivity index (χ0) is 20.1. The van der Waals surface area contributed by atoms with Gasteiger partial charge in [-0.2, -0.15) is 11.8 Å². The highest BCUT2D eigenvalue weighted by atomic mass is 79.9. The summed E-state index contributed by atoms with van der Waals surface area (Å²) in [5, 5.41) is 2.86. The normalized spacial score (nSPS) is 17.0. The Balaban J connectivity index is 1.86. The topological polar surface area (TPSA) is 87.3 Å². The minimum atomic E-state index is -0.670. The van der Waals surface area contributed by atoms with Crippen LogP contribution in [0.2, 0.25) is 0 Å². The molecule has 0 bridgehead atoms. The van der Waals surface area contributed by atoms with E-state index >= 15 is 0 Å². The highest BCUT2D eigenvalue weighted by molar-refractivity contribution is 9.10. The number of amides is 2. The summed E-state index contributed by atoms with van der Waals surface area (Å²) in [6.07, 6.45) is 4.82. The van der Waals surface area contributed by atoms with Crippen molar-refractivity contribution in [3.8, 4) is 0 Å². The van der Waals surface area contributed by atoms with E-state index < -0.39 is 12.0 Å². The summed E-state index contributed by atoms with van der Waals surface area (Å²) in [5.41, 5.74) is 2.83. The average molecular weight is 467 g/mol. The first kappa shape index (κ1) is 20.7.